The number of benzene rings is 1. The zero-order chi connectivity index (χ0) is 14.5. The fourth-order valence-electron chi connectivity index (χ4n) is 2.46. The Kier molecular flexibility index (Phi) is 4.74. The highest BCUT2D eigenvalue weighted by Gasteiger charge is 2.27. The molecule has 2 unspecified atom stereocenters. The number of carbonyl (C=O) groups is 2. The Bertz CT molecular complexity index is 484. The molecule has 5 nitrogen and oxygen atoms in total. The van der Waals surface area contributed by atoms with Crippen molar-refractivity contribution in [1.82, 2.24) is 5.32 Å². The van der Waals surface area contributed by atoms with E-state index in [0.29, 0.717) is 5.92 Å². The largest absolute Gasteiger partial charge is 0.326 e. The van der Waals surface area contributed by atoms with Crippen LogP contribution >= 0.6 is 0 Å². The Morgan fingerprint density at radius 2 is 1.75 bits per heavy atom. The lowest BCUT2D eigenvalue weighted by atomic mass is 9.92. The summed E-state index contributed by atoms with van der Waals surface area (Å²) < 4.78 is 0. The lowest BCUT2D eigenvalue weighted by molar-refractivity contribution is -0.119. The van der Waals surface area contributed by atoms with Crippen LogP contribution in [0.25, 0.3) is 0 Å². The average Bonchev–Trinajstić information content (AvgIpc) is 2.41. The van der Waals surface area contributed by atoms with Crippen LogP contribution in [0.5, 0.6) is 0 Å². The standard InChI is InChI=1S/C15H21N3O2/c1-10-4-3-9-16-14(10)15(20)18-13-7-5-12(6-8-13)17-11(2)19/h5-8,10,14,16H,3-4,9H2,1-2H3,(H,17,19)(H,18,20). The van der Waals surface area contributed by atoms with Crippen LogP contribution < -0.4 is 16.0 Å². The van der Waals surface area contributed by atoms with Crippen molar-refractivity contribution >= 4 is 23.2 Å². The number of piperidine rings is 1. The van der Waals surface area contributed by atoms with E-state index >= 15 is 0 Å². The third-order valence-electron chi connectivity index (χ3n) is 3.52. The lowest BCUT2D eigenvalue weighted by Gasteiger charge is -2.28. The smallest absolute Gasteiger partial charge is 0.241 e. The Morgan fingerprint density at radius 1 is 1.15 bits per heavy atom. The number of hydrogen-bond acceptors (Lipinski definition) is 3. The second-order valence-electron chi connectivity index (χ2n) is 5.30. The van der Waals surface area contributed by atoms with Gasteiger partial charge in [-0.1, -0.05) is 6.92 Å². The number of anilines is 2. The van der Waals surface area contributed by atoms with Crippen LogP contribution in [0, 0.1) is 5.92 Å². The summed E-state index contributed by atoms with van der Waals surface area (Å²) >= 11 is 0. The first-order valence-electron chi connectivity index (χ1n) is 6.98. The summed E-state index contributed by atoms with van der Waals surface area (Å²) in [7, 11) is 0. The highest BCUT2D eigenvalue weighted by Crippen LogP contribution is 2.18. The minimum Gasteiger partial charge on any atom is -0.326 e. The van der Waals surface area contributed by atoms with Gasteiger partial charge in [0.25, 0.3) is 0 Å². The fourth-order valence-corrected chi connectivity index (χ4v) is 2.46. The molecule has 1 fully saturated rings. The molecule has 20 heavy (non-hydrogen) atoms. The van der Waals surface area contributed by atoms with Gasteiger partial charge in [-0.25, -0.2) is 0 Å². The quantitative estimate of drug-likeness (QED) is 0.790. The van der Waals surface area contributed by atoms with Crippen molar-refractivity contribution in [2.24, 2.45) is 5.92 Å². The molecule has 2 rings (SSSR count). The summed E-state index contributed by atoms with van der Waals surface area (Å²) in [6.07, 6.45) is 2.20. The van der Waals surface area contributed by atoms with E-state index < -0.39 is 0 Å². The predicted octanol–water partition coefficient (Wildman–Crippen LogP) is 1.97. The molecule has 2 amide bonds. The highest BCUT2D eigenvalue weighted by atomic mass is 16.2. The summed E-state index contributed by atoms with van der Waals surface area (Å²) in [6, 6.07) is 7.00. The number of amides is 2. The summed E-state index contributed by atoms with van der Waals surface area (Å²) in [5.41, 5.74) is 1.46. The van der Waals surface area contributed by atoms with Crippen molar-refractivity contribution < 1.29 is 9.59 Å². The van der Waals surface area contributed by atoms with Crippen molar-refractivity contribution in [3.8, 4) is 0 Å². The van der Waals surface area contributed by atoms with E-state index in [-0.39, 0.29) is 17.9 Å². The molecular weight excluding hydrogens is 254 g/mol. The minimum atomic E-state index is -0.126. The van der Waals surface area contributed by atoms with Gasteiger partial charge in [-0.15, -0.1) is 0 Å². The molecule has 0 saturated carbocycles. The first-order valence-corrected chi connectivity index (χ1v) is 6.98. The van der Waals surface area contributed by atoms with Crippen molar-refractivity contribution in [2.45, 2.75) is 32.7 Å². The van der Waals surface area contributed by atoms with Crippen LogP contribution in [0.2, 0.25) is 0 Å². The number of hydrogen-bond donors (Lipinski definition) is 3. The lowest BCUT2D eigenvalue weighted by Crippen LogP contribution is -2.48. The second kappa shape index (κ2) is 6.52. The maximum absolute atomic E-state index is 12.2. The van der Waals surface area contributed by atoms with Gasteiger partial charge in [0.1, 0.15) is 0 Å². The summed E-state index contributed by atoms with van der Waals surface area (Å²) in [6.45, 7) is 4.45. The molecule has 1 aliphatic heterocycles. The molecule has 2 atom stereocenters. The molecule has 1 heterocycles. The highest BCUT2D eigenvalue weighted by molar-refractivity contribution is 5.95. The Morgan fingerprint density at radius 3 is 2.30 bits per heavy atom. The van der Waals surface area contributed by atoms with E-state index in [9.17, 15) is 9.59 Å². The molecule has 5 heteroatoms. The van der Waals surface area contributed by atoms with Gasteiger partial charge in [-0.3, -0.25) is 9.59 Å². The van der Waals surface area contributed by atoms with Gasteiger partial charge < -0.3 is 16.0 Å². The van der Waals surface area contributed by atoms with Crippen molar-refractivity contribution in [3.63, 3.8) is 0 Å². The van der Waals surface area contributed by atoms with E-state index in [1.807, 2.05) is 0 Å². The Balaban J connectivity index is 1.95. The van der Waals surface area contributed by atoms with Crippen molar-refractivity contribution in [1.29, 1.82) is 0 Å². The van der Waals surface area contributed by atoms with Crippen LogP contribution in [-0.4, -0.2) is 24.4 Å². The fraction of sp³-hybridized carbons (Fsp3) is 0.467. The average molecular weight is 275 g/mol. The second-order valence-corrected chi connectivity index (χ2v) is 5.30. The maximum atomic E-state index is 12.2. The van der Waals surface area contributed by atoms with E-state index in [4.69, 9.17) is 0 Å². The third kappa shape index (κ3) is 3.81. The van der Waals surface area contributed by atoms with Crippen LogP contribution in [0.1, 0.15) is 26.7 Å². The molecule has 1 aliphatic rings. The van der Waals surface area contributed by atoms with E-state index in [0.717, 1.165) is 30.8 Å². The van der Waals surface area contributed by atoms with Crippen LogP contribution in [0.3, 0.4) is 0 Å². The summed E-state index contributed by atoms with van der Waals surface area (Å²) in [5.74, 6) is 0.244. The van der Waals surface area contributed by atoms with Crippen LogP contribution in [0.4, 0.5) is 11.4 Å². The molecule has 0 radical (unpaired) electrons. The normalized spacial score (nSPS) is 22.1. The third-order valence-corrected chi connectivity index (χ3v) is 3.52. The van der Waals surface area contributed by atoms with E-state index in [1.54, 1.807) is 24.3 Å². The van der Waals surface area contributed by atoms with Gasteiger partial charge in [0.2, 0.25) is 11.8 Å². The molecule has 1 aromatic carbocycles. The van der Waals surface area contributed by atoms with E-state index in [2.05, 4.69) is 22.9 Å². The SMILES string of the molecule is CC(=O)Nc1ccc(NC(=O)C2NCCCC2C)cc1. The molecule has 0 spiro atoms. The monoisotopic (exact) mass is 275 g/mol. The number of rotatable bonds is 3. The molecule has 0 aliphatic carbocycles. The predicted molar refractivity (Wildman–Crippen MR) is 79.6 cm³/mol. The molecule has 0 bridgehead atoms. The Hall–Kier alpha value is -1.88. The number of nitrogens with one attached hydrogen (secondary N) is 3. The minimum absolute atomic E-state index is 0.00415. The van der Waals surface area contributed by atoms with Gasteiger partial charge in [-0.05, 0) is 49.6 Å². The van der Waals surface area contributed by atoms with E-state index in [1.165, 1.54) is 6.92 Å². The first kappa shape index (κ1) is 14.5. The van der Waals surface area contributed by atoms with Crippen LogP contribution in [0.15, 0.2) is 24.3 Å². The number of carbonyl (C=O) groups excluding carboxylic acids is 2. The maximum Gasteiger partial charge on any atom is 0.241 e. The van der Waals surface area contributed by atoms with Crippen molar-refractivity contribution in [2.75, 3.05) is 17.2 Å². The molecule has 1 aromatic rings. The Labute approximate surface area is 119 Å². The van der Waals surface area contributed by atoms with Crippen molar-refractivity contribution in [3.05, 3.63) is 24.3 Å². The van der Waals surface area contributed by atoms with Gasteiger partial charge in [0, 0.05) is 18.3 Å². The molecule has 108 valence electrons. The molecular formula is C15H21N3O2. The first-order chi connectivity index (χ1) is 9.56. The zero-order valence-electron chi connectivity index (χ0n) is 11.9. The molecule has 3 N–H and O–H groups in total. The van der Waals surface area contributed by atoms with Gasteiger partial charge in [0.15, 0.2) is 0 Å². The summed E-state index contributed by atoms with van der Waals surface area (Å²) in [5, 5.41) is 8.86. The van der Waals surface area contributed by atoms with Gasteiger partial charge in [-0.2, -0.15) is 0 Å². The zero-order valence-corrected chi connectivity index (χ0v) is 11.9. The molecule has 0 aromatic heterocycles. The van der Waals surface area contributed by atoms with Crippen LogP contribution in [-0.2, 0) is 9.59 Å². The summed E-state index contributed by atoms with van der Waals surface area (Å²) in [4.78, 5) is 23.1. The van der Waals surface area contributed by atoms with Gasteiger partial charge in [0.05, 0.1) is 6.04 Å². The molecule has 1 saturated heterocycles. The van der Waals surface area contributed by atoms with Gasteiger partial charge >= 0.3 is 0 Å². The topological polar surface area (TPSA) is 70.2 Å².